The first-order chi connectivity index (χ1) is 17.4. The molecule has 1 aliphatic rings. The Balaban J connectivity index is 1.46. The van der Waals surface area contributed by atoms with Crippen LogP contribution in [0.2, 0.25) is 0 Å². The van der Waals surface area contributed by atoms with Crippen LogP contribution in [0.3, 0.4) is 0 Å². The zero-order valence-corrected chi connectivity index (χ0v) is 21.0. The predicted octanol–water partition coefficient (Wildman–Crippen LogP) is 4.12. The van der Waals surface area contributed by atoms with Crippen molar-refractivity contribution in [2.45, 2.75) is 39.2 Å². The van der Waals surface area contributed by atoms with Crippen LogP contribution in [0.15, 0.2) is 48.8 Å². The number of likely N-dealkylation sites (tertiary alicyclic amines) is 1. The summed E-state index contributed by atoms with van der Waals surface area (Å²) >= 11 is 0. The van der Waals surface area contributed by atoms with Crippen LogP contribution in [0.25, 0.3) is 11.0 Å². The molecule has 0 spiro atoms. The molecule has 0 bridgehead atoms. The van der Waals surface area contributed by atoms with Gasteiger partial charge in [0.2, 0.25) is 0 Å². The van der Waals surface area contributed by atoms with Crippen LogP contribution < -0.4 is 5.73 Å². The number of nitrogens with zero attached hydrogens (tertiary/aromatic N) is 5. The number of hydrogen-bond acceptors (Lipinski definition) is 6. The number of aryl methyl sites for hydroxylation is 2. The Morgan fingerprint density at radius 3 is 2.56 bits per heavy atom. The Morgan fingerprint density at radius 2 is 1.81 bits per heavy atom. The van der Waals surface area contributed by atoms with Crippen LogP contribution in [-0.4, -0.2) is 50.6 Å². The summed E-state index contributed by atoms with van der Waals surface area (Å²) in [5.74, 6) is 6.99. The fraction of sp³-hybridized carbons (Fsp3) is 0.310. The van der Waals surface area contributed by atoms with E-state index in [1.165, 1.54) is 6.33 Å². The van der Waals surface area contributed by atoms with E-state index in [-0.39, 0.29) is 11.8 Å². The molecule has 7 nitrogen and oxygen atoms in total. The van der Waals surface area contributed by atoms with Crippen molar-refractivity contribution in [2.24, 2.45) is 0 Å². The van der Waals surface area contributed by atoms with Crippen LogP contribution in [0.5, 0.6) is 0 Å². The number of anilines is 1. The highest BCUT2D eigenvalue weighted by atomic mass is 16.1. The van der Waals surface area contributed by atoms with E-state index in [0.717, 1.165) is 59.4 Å². The van der Waals surface area contributed by atoms with Crippen LogP contribution in [0.1, 0.15) is 57.2 Å². The maximum absolute atomic E-state index is 12.8. The van der Waals surface area contributed by atoms with Gasteiger partial charge in [-0.3, -0.25) is 4.79 Å². The lowest BCUT2D eigenvalue weighted by Gasteiger charge is -2.29. The van der Waals surface area contributed by atoms with Gasteiger partial charge in [0, 0.05) is 17.5 Å². The molecule has 2 aromatic heterocycles. The molecule has 1 saturated heterocycles. The average molecular weight is 479 g/mol. The minimum atomic E-state index is 0.0885. The van der Waals surface area contributed by atoms with Gasteiger partial charge in [0.25, 0.3) is 0 Å². The molecule has 7 heteroatoms. The number of nitrogens with two attached hydrogens (primary N) is 1. The number of benzene rings is 2. The number of carbonyl (C=O) groups is 1. The van der Waals surface area contributed by atoms with Gasteiger partial charge in [-0.15, -0.1) is 0 Å². The Morgan fingerprint density at radius 1 is 1.06 bits per heavy atom. The lowest BCUT2D eigenvalue weighted by Crippen LogP contribution is -2.32. The Kier molecular flexibility index (Phi) is 6.53. The van der Waals surface area contributed by atoms with Gasteiger partial charge in [-0.2, -0.15) is 5.10 Å². The molecular formula is C29H30N6O. The number of Topliss-reactive ketones (excluding diaryl/α,β-unsaturated/α-hetero) is 1. The van der Waals surface area contributed by atoms with E-state index in [2.05, 4.69) is 33.8 Å². The van der Waals surface area contributed by atoms with Gasteiger partial charge in [0.05, 0.1) is 11.4 Å². The monoisotopic (exact) mass is 478 g/mol. The Bertz CT molecular complexity index is 1480. The summed E-state index contributed by atoms with van der Waals surface area (Å²) in [6, 6.07) is 13.9. The van der Waals surface area contributed by atoms with E-state index >= 15 is 0 Å². The molecule has 3 heterocycles. The topological polar surface area (TPSA) is 89.9 Å². The van der Waals surface area contributed by atoms with Gasteiger partial charge in [0.1, 0.15) is 17.8 Å². The fourth-order valence-electron chi connectivity index (χ4n) is 4.64. The average Bonchev–Trinajstić information content (AvgIpc) is 3.25. The number of ketones is 1. The smallest absolute Gasteiger partial charge is 0.167 e. The van der Waals surface area contributed by atoms with Gasteiger partial charge in [-0.05, 0) is 69.9 Å². The highest BCUT2D eigenvalue weighted by molar-refractivity contribution is 5.97. The number of carbonyl (C=O) groups excluding carboxylic acids is 1. The summed E-state index contributed by atoms with van der Waals surface area (Å²) in [6.07, 6.45) is 3.81. The van der Waals surface area contributed by atoms with Crippen molar-refractivity contribution in [2.75, 3.05) is 25.9 Å². The summed E-state index contributed by atoms with van der Waals surface area (Å²) in [5, 5.41) is 5.55. The molecule has 0 aliphatic carbocycles. The number of aromatic nitrogens is 4. The maximum atomic E-state index is 12.8. The van der Waals surface area contributed by atoms with Crippen LogP contribution >= 0.6 is 0 Å². The zero-order valence-electron chi connectivity index (χ0n) is 21.0. The summed E-state index contributed by atoms with van der Waals surface area (Å²) in [7, 11) is 2.14. The number of piperidine rings is 1. The Hall–Kier alpha value is -4.02. The highest BCUT2D eigenvalue weighted by Gasteiger charge is 2.24. The number of rotatable bonds is 4. The van der Waals surface area contributed by atoms with Crippen molar-refractivity contribution in [3.8, 4) is 11.8 Å². The lowest BCUT2D eigenvalue weighted by molar-refractivity contribution is 0.0993. The third-order valence-corrected chi connectivity index (χ3v) is 6.91. The van der Waals surface area contributed by atoms with Crippen molar-refractivity contribution in [3.63, 3.8) is 0 Å². The van der Waals surface area contributed by atoms with E-state index in [1.807, 2.05) is 61.0 Å². The van der Waals surface area contributed by atoms with Crippen molar-refractivity contribution >= 4 is 22.6 Å². The van der Waals surface area contributed by atoms with Gasteiger partial charge in [0.15, 0.2) is 11.4 Å². The molecule has 36 heavy (non-hydrogen) atoms. The van der Waals surface area contributed by atoms with Gasteiger partial charge in [-0.25, -0.2) is 14.6 Å². The molecule has 4 aromatic rings. The second-order valence-electron chi connectivity index (χ2n) is 9.65. The van der Waals surface area contributed by atoms with Crippen LogP contribution in [-0.2, 0) is 6.42 Å². The first-order valence-electron chi connectivity index (χ1n) is 12.3. The quantitative estimate of drug-likeness (QED) is 0.351. The standard InChI is InChI=1S/C29H30N6O/c1-19-4-8-22(9-5-19)26(36)17-21-7-6-20(2)23(16-21)10-11-25-27-28(30)31-18-32-29(27)35(33-25)24-12-14-34(3)15-13-24/h4-9,16,18,24H,12-15,17H2,1-3H3,(H2,30,31,32). The van der Waals surface area contributed by atoms with Crippen molar-refractivity contribution in [3.05, 3.63) is 82.3 Å². The molecule has 0 atom stereocenters. The second kappa shape index (κ2) is 9.92. The van der Waals surface area contributed by atoms with E-state index in [0.29, 0.717) is 23.3 Å². The maximum Gasteiger partial charge on any atom is 0.167 e. The van der Waals surface area contributed by atoms with Crippen molar-refractivity contribution in [1.29, 1.82) is 0 Å². The van der Waals surface area contributed by atoms with Gasteiger partial charge >= 0.3 is 0 Å². The minimum absolute atomic E-state index is 0.0885. The van der Waals surface area contributed by atoms with E-state index < -0.39 is 0 Å². The molecule has 0 amide bonds. The highest BCUT2D eigenvalue weighted by Crippen LogP contribution is 2.28. The zero-order chi connectivity index (χ0) is 25.2. The number of fused-ring (bicyclic) bond motifs is 1. The normalized spacial score (nSPS) is 14.5. The molecule has 5 rings (SSSR count). The third kappa shape index (κ3) is 4.86. The molecule has 0 saturated carbocycles. The summed E-state index contributed by atoms with van der Waals surface area (Å²) in [4.78, 5) is 23.8. The third-order valence-electron chi connectivity index (χ3n) is 6.91. The molecule has 1 fully saturated rings. The minimum Gasteiger partial charge on any atom is -0.383 e. The fourth-order valence-corrected chi connectivity index (χ4v) is 4.64. The summed E-state index contributed by atoms with van der Waals surface area (Å²) < 4.78 is 1.98. The first kappa shape index (κ1) is 23.7. The van der Waals surface area contributed by atoms with Gasteiger partial charge in [-0.1, -0.05) is 47.9 Å². The molecular weight excluding hydrogens is 448 g/mol. The predicted molar refractivity (Wildman–Crippen MR) is 142 cm³/mol. The Labute approximate surface area is 211 Å². The van der Waals surface area contributed by atoms with E-state index in [4.69, 9.17) is 10.8 Å². The summed E-state index contributed by atoms with van der Waals surface area (Å²) in [6.45, 7) is 6.06. The van der Waals surface area contributed by atoms with Crippen LogP contribution in [0.4, 0.5) is 5.82 Å². The molecule has 182 valence electrons. The van der Waals surface area contributed by atoms with Crippen molar-refractivity contribution < 1.29 is 4.79 Å². The first-order valence-corrected chi connectivity index (χ1v) is 12.3. The number of hydrogen-bond donors (Lipinski definition) is 1. The van der Waals surface area contributed by atoms with Crippen LogP contribution in [0, 0.1) is 25.7 Å². The van der Waals surface area contributed by atoms with Gasteiger partial charge < -0.3 is 10.6 Å². The molecule has 1 aliphatic heterocycles. The molecule has 0 unspecified atom stereocenters. The lowest BCUT2D eigenvalue weighted by atomic mass is 9.98. The number of nitrogen functional groups attached to an aromatic ring is 1. The molecule has 2 aromatic carbocycles. The summed E-state index contributed by atoms with van der Waals surface area (Å²) in [5.41, 5.74) is 12.2. The molecule has 2 N–H and O–H groups in total. The second-order valence-corrected chi connectivity index (χ2v) is 9.65. The largest absolute Gasteiger partial charge is 0.383 e. The molecule has 0 radical (unpaired) electrons. The van der Waals surface area contributed by atoms with E-state index in [9.17, 15) is 4.79 Å². The van der Waals surface area contributed by atoms with Crippen molar-refractivity contribution in [1.82, 2.24) is 24.6 Å². The van der Waals surface area contributed by atoms with E-state index in [1.54, 1.807) is 0 Å². The SMILES string of the molecule is Cc1ccc(C(=O)Cc2ccc(C)c(C#Cc3nn(C4CCN(C)CC4)c4ncnc(N)c34)c2)cc1.